The quantitative estimate of drug-likeness (QED) is 0.482. The first-order valence-corrected chi connectivity index (χ1v) is 11.1. The molecule has 0 N–H and O–H groups in total. The number of nitrogens with zero attached hydrogens (tertiary/aromatic N) is 3. The van der Waals surface area contributed by atoms with Gasteiger partial charge in [-0.1, -0.05) is 29.5 Å². The molecular weight excluding hydrogens is 390 g/mol. The monoisotopic (exact) mass is 413 g/mol. The molecule has 0 radical (unpaired) electrons. The van der Waals surface area contributed by atoms with Gasteiger partial charge in [-0.25, -0.2) is 4.98 Å². The van der Waals surface area contributed by atoms with Crippen LogP contribution in [0.4, 0.5) is 0 Å². The van der Waals surface area contributed by atoms with E-state index in [1.165, 1.54) is 22.2 Å². The Hall–Kier alpha value is -2.12. The number of benzene rings is 1. The Bertz CT molecular complexity index is 1110. The second-order valence-corrected chi connectivity index (χ2v) is 9.79. The van der Waals surface area contributed by atoms with Crippen LogP contribution in [0.2, 0.25) is 0 Å². The summed E-state index contributed by atoms with van der Waals surface area (Å²) in [6.07, 6.45) is 3.08. The minimum absolute atomic E-state index is 0.00322. The molecule has 0 aliphatic heterocycles. The minimum Gasteiger partial charge on any atom is -0.348 e. The maximum atomic E-state index is 13.6. The van der Waals surface area contributed by atoms with Gasteiger partial charge in [-0.2, -0.15) is 0 Å². The van der Waals surface area contributed by atoms with Gasteiger partial charge in [0, 0.05) is 19.0 Å². The molecule has 7 heteroatoms. The Kier molecular flexibility index (Phi) is 5.05. The zero-order valence-corrected chi connectivity index (χ0v) is 18.1. The molecular formula is C21H23N3O2S2. The van der Waals surface area contributed by atoms with Crippen LogP contribution in [0.5, 0.6) is 0 Å². The van der Waals surface area contributed by atoms with Gasteiger partial charge < -0.3 is 4.90 Å². The number of thiophene rings is 1. The van der Waals surface area contributed by atoms with Crippen molar-refractivity contribution in [1.82, 2.24) is 14.5 Å². The van der Waals surface area contributed by atoms with E-state index < -0.39 is 0 Å². The highest BCUT2D eigenvalue weighted by atomic mass is 32.2. The van der Waals surface area contributed by atoms with Gasteiger partial charge in [0.1, 0.15) is 4.83 Å². The van der Waals surface area contributed by atoms with Gasteiger partial charge in [0.05, 0.1) is 16.3 Å². The molecule has 3 aromatic rings. The summed E-state index contributed by atoms with van der Waals surface area (Å²) in [5, 5.41) is 1.00. The number of aromatic nitrogens is 2. The molecule has 0 fully saturated rings. The molecule has 5 nitrogen and oxygen atoms in total. The van der Waals surface area contributed by atoms with Crippen molar-refractivity contribution in [3.8, 4) is 5.69 Å². The molecule has 146 valence electrons. The third kappa shape index (κ3) is 3.26. The molecule has 1 aromatic carbocycles. The van der Waals surface area contributed by atoms with Crippen LogP contribution in [0, 0.1) is 6.92 Å². The molecule has 1 amide bonds. The lowest BCUT2D eigenvalue weighted by Gasteiger charge is -2.18. The second-order valence-electron chi connectivity index (χ2n) is 7.40. The number of rotatable bonds is 4. The summed E-state index contributed by atoms with van der Waals surface area (Å²) in [6, 6.07) is 7.87. The Morgan fingerprint density at radius 1 is 1.25 bits per heavy atom. The molecule has 0 bridgehead atoms. The summed E-state index contributed by atoms with van der Waals surface area (Å²) in [5.41, 5.74) is 3.06. The van der Waals surface area contributed by atoms with E-state index in [0.717, 1.165) is 40.7 Å². The fourth-order valence-electron chi connectivity index (χ4n) is 3.60. The summed E-state index contributed by atoms with van der Waals surface area (Å²) in [7, 11) is 3.49. The SMILES string of the molecule is Cc1ccc(-n2c(S[C@H](C)C(=O)N(C)C)nc3sc4c(c3c2=O)CCC4)cc1. The summed E-state index contributed by atoms with van der Waals surface area (Å²) in [5.74, 6) is 0.00322. The van der Waals surface area contributed by atoms with Crippen LogP contribution in [-0.2, 0) is 17.6 Å². The van der Waals surface area contributed by atoms with Crippen LogP contribution in [0.15, 0.2) is 34.2 Å². The maximum absolute atomic E-state index is 13.6. The third-order valence-corrected chi connectivity index (χ3v) is 7.30. The molecule has 1 atom stereocenters. The van der Waals surface area contributed by atoms with E-state index in [0.29, 0.717) is 5.16 Å². The molecule has 28 heavy (non-hydrogen) atoms. The number of hydrogen-bond acceptors (Lipinski definition) is 5. The van der Waals surface area contributed by atoms with Gasteiger partial charge in [0.2, 0.25) is 5.91 Å². The second kappa shape index (κ2) is 7.37. The molecule has 2 heterocycles. The third-order valence-electron chi connectivity index (χ3n) is 5.07. The maximum Gasteiger partial charge on any atom is 0.267 e. The molecule has 0 saturated heterocycles. The molecule has 0 spiro atoms. The minimum atomic E-state index is -0.331. The smallest absolute Gasteiger partial charge is 0.267 e. The van der Waals surface area contributed by atoms with E-state index in [-0.39, 0.29) is 16.7 Å². The number of fused-ring (bicyclic) bond motifs is 3. The van der Waals surface area contributed by atoms with Gasteiger partial charge in [0.25, 0.3) is 5.56 Å². The first-order valence-electron chi connectivity index (χ1n) is 9.39. The fourth-order valence-corrected chi connectivity index (χ4v) is 5.97. The Balaban J connectivity index is 1.92. The lowest BCUT2D eigenvalue weighted by Crippen LogP contribution is -2.31. The average Bonchev–Trinajstić information content (AvgIpc) is 3.23. The highest BCUT2D eigenvalue weighted by molar-refractivity contribution is 8.00. The molecule has 0 saturated carbocycles. The summed E-state index contributed by atoms with van der Waals surface area (Å²) in [6.45, 7) is 3.88. The van der Waals surface area contributed by atoms with E-state index in [2.05, 4.69) is 0 Å². The lowest BCUT2D eigenvalue weighted by atomic mass is 10.2. The molecule has 4 rings (SSSR count). The first-order chi connectivity index (χ1) is 13.4. The van der Waals surface area contributed by atoms with Crippen LogP contribution >= 0.6 is 23.1 Å². The average molecular weight is 414 g/mol. The van der Waals surface area contributed by atoms with Crippen molar-refractivity contribution in [3.05, 3.63) is 50.6 Å². The van der Waals surface area contributed by atoms with Crippen LogP contribution < -0.4 is 5.56 Å². The lowest BCUT2D eigenvalue weighted by molar-refractivity contribution is -0.127. The summed E-state index contributed by atoms with van der Waals surface area (Å²) < 4.78 is 1.68. The predicted octanol–water partition coefficient (Wildman–Crippen LogP) is 3.81. The fraction of sp³-hybridized carbons (Fsp3) is 0.381. The number of aryl methyl sites for hydroxylation is 3. The van der Waals surface area contributed by atoms with Crippen molar-refractivity contribution >= 4 is 39.2 Å². The van der Waals surface area contributed by atoms with Crippen LogP contribution in [0.25, 0.3) is 15.9 Å². The Morgan fingerprint density at radius 2 is 1.96 bits per heavy atom. The van der Waals surface area contributed by atoms with E-state index in [1.54, 1.807) is 34.9 Å². The Labute approximate surface area is 172 Å². The van der Waals surface area contributed by atoms with Crippen molar-refractivity contribution in [3.63, 3.8) is 0 Å². The number of thioether (sulfide) groups is 1. The Morgan fingerprint density at radius 3 is 2.64 bits per heavy atom. The van der Waals surface area contributed by atoms with Crippen molar-refractivity contribution in [2.75, 3.05) is 14.1 Å². The van der Waals surface area contributed by atoms with E-state index in [9.17, 15) is 9.59 Å². The number of carbonyl (C=O) groups is 1. The van der Waals surface area contributed by atoms with Crippen molar-refractivity contribution < 1.29 is 4.79 Å². The highest BCUT2D eigenvalue weighted by Gasteiger charge is 2.26. The number of amides is 1. The number of carbonyl (C=O) groups excluding carboxylic acids is 1. The molecule has 1 aliphatic rings. The zero-order chi connectivity index (χ0) is 20.0. The van der Waals surface area contributed by atoms with Gasteiger partial charge in [-0.3, -0.25) is 14.2 Å². The zero-order valence-electron chi connectivity index (χ0n) is 16.5. The summed E-state index contributed by atoms with van der Waals surface area (Å²) in [4.78, 5) is 34.5. The topological polar surface area (TPSA) is 55.2 Å². The van der Waals surface area contributed by atoms with E-state index in [4.69, 9.17) is 4.98 Å². The normalized spacial score (nSPS) is 14.3. The van der Waals surface area contributed by atoms with E-state index in [1.807, 2.05) is 38.1 Å². The van der Waals surface area contributed by atoms with Crippen molar-refractivity contribution in [1.29, 1.82) is 0 Å². The first kappa shape index (κ1) is 19.2. The molecule has 1 aliphatic carbocycles. The van der Waals surface area contributed by atoms with Gasteiger partial charge in [-0.15, -0.1) is 11.3 Å². The van der Waals surface area contributed by atoms with Crippen LogP contribution in [0.1, 0.15) is 29.3 Å². The standard InChI is InChI=1S/C21H23N3O2S2/c1-12-8-10-14(11-9-12)24-20(26)17-15-6-5-7-16(15)28-18(17)22-21(24)27-13(2)19(25)23(3)4/h8-11,13H,5-7H2,1-4H3/t13-/m1/s1. The molecule has 2 aromatic heterocycles. The van der Waals surface area contributed by atoms with Crippen LogP contribution in [-0.4, -0.2) is 39.7 Å². The van der Waals surface area contributed by atoms with Crippen molar-refractivity contribution in [2.45, 2.75) is 43.5 Å². The highest BCUT2D eigenvalue weighted by Crippen LogP contribution is 2.36. The summed E-state index contributed by atoms with van der Waals surface area (Å²) >= 11 is 2.97. The van der Waals surface area contributed by atoms with Gasteiger partial charge >= 0.3 is 0 Å². The van der Waals surface area contributed by atoms with Crippen LogP contribution in [0.3, 0.4) is 0 Å². The molecule has 0 unspecified atom stereocenters. The van der Waals surface area contributed by atoms with Crippen molar-refractivity contribution in [2.24, 2.45) is 0 Å². The van der Waals surface area contributed by atoms with Gasteiger partial charge in [-0.05, 0) is 50.8 Å². The van der Waals surface area contributed by atoms with E-state index >= 15 is 0 Å². The predicted molar refractivity (Wildman–Crippen MR) is 116 cm³/mol. The largest absolute Gasteiger partial charge is 0.348 e. The number of hydrogen-bond donors (Lipinski definition) is 0. The van der Waals surface area contributed by atoms with Gasteiger partial charge in [0.15, 0.2) is 5.16 Å².